The predicted molar refractivity (Wildman–Crippen MR) is 127 cm³/mol. The first-order valence-corrected chi connectivity index (χ1v) is 10.3. The zero-order valence-corrected chi connectivity index (χ0v) is 18.4. The second kappa shape index (κ2) is 9.72. The lowest BCUT2D eigenvalue weighted by Crippen LogP contribution is -2.14. The minimum atomic E-state index is -0.660. The molecule has 4 aromatic rings. The van der Waals surface area contributed by atoms with Gasteiger partial charge >= 0.3 is 0 Å². The average Bonchev–Trinajstić information content (AvgIpc) is 2.79. The van der Waals surface area contributed by atoms with E-state index in [9.17, 15) is 9.18 Å². The van der Waals surface area contributed by atoms with E-state index in [0.29, 0.717) is 16.4 Å². The molecular formula is C23H16Cl2FN5O2. The van der Waals surface area contributed by atoms with Crippen LogP contribution >= 0.6 is 23.2 Å². The Morgan fingerprint density at radius 1 is 0.939 bits per heavy atom. The molecule has 0 aliphatic rings. The first-order valence-electron chi connectivity index (χ1n) is 9.57. The van der Waals surface area contributed by atoms with E-state index in [0.717, 1.165) is 0 Å². The number of nitrogens with zero attached hydrogens (tertiary/aromatic N) is 2. The highest BCUT2D eigenvalue weighted by Gasteiger charge is 2.15. The van der Waals surface area contributed by atoms with E-state index >= 15 is 0 Å². The highest BCUT2D eigenvalue weighted by atomic mass is 35.5. The summed E-state index contributed by atoms with van der Waals surface area (Å²) in [5, 5.41) is 6.29. The number of anilines is 4. The molecule has 166 valence electrons. The molecule has 0 saturated carbocycles. The molecule has 0 aliphatic heterocycles. The quantitative estimate of drug-likeness (QED) is 0.297. The van der Waals surface area contributed by atoms with Gasteiger partial charge in [-0.2, -0.15) is 0 Å². The Kier molecular flexibility index (Phi) is 6.58. The molecule has 0 radical (unpaired) electrons. The summed E-state index contributed by atoms with van der Waals surface area (Å²) in [4.78, 5) is 20.8. The highest BCUT2D eigenvalue weighted by Crippen LogP contribution is 2.34. The third-order valence-corrected chi connectivity index (χ3v) is 5.05. The van der Waals surface area contributed by atoms with Crippen molar-refractivity contribution >= 4 is 52.1 Å². The maximum Gasteiger partial charge on any atom is 0.259 e. The second-order valence-corrected chi connectivity index (χ2v) is 7.56. The van der Waals surface area contributed by atoms with E-state index in [1.54, 1.807) is 42.5 Å². The molecule has 0 aliphatic carbocycles. The van der Waals surface area contributed by atoms with E-state index in [1.807, 2.05) is 0 Å². The van der Waals surface area contributed by atoms with Gasteiger partial charge in [-0.25, -0.2) is 14.4 Å². The number of rotatable bonds is 6. The summed E-state index contributed by atoms with van der Waals surface area (Å²) in [7, 11) is 0. The minimum absolute atomic E-state index is 0.0620. The third kappa shape index (κ3) is 5.31. The van der Waals surface area contributed by atoms with Crippen LogP contribution in [-0.2, 0) is 0 Å². The fraction of sp³-hybridized carbons (Fsp3) is 0. The average molecular weight is 484 g/mol. The zero-order valence-electron chi connectivity index (χ0n) is 16.9. The van der Waals surface area contributed by atoms with Gasteiger partial charge in [0, 0.05) is 40.9 Å². The van der Waals surface area contributed by atoms with Gasteiger partial charge in [0.25, 0.3) is 5.91 Å². The monoisotopic (exact) mass is 483 g/mol. The van der Waals surface area contributed by atoms with Crippen LogP contribution in [0.25, 0.3) is 0 Å². The molecule has 0 fully saturated rings. The summed E-state index contributed by atoms with van der Waals surface area (Å²) >= 11 is 12.0. The minimum Gasteiger partial charge on any atom is -0.453 e. The summed E-state index contributed by atoms with van der Waals surface area (Å²) < 4.78 is 20.2. The Bertz CT molecular complexity index is 1340. The standard InChI is InChI=1S/C23H16Cl2FN5O2/c24-13-3-1-4-14(11-13)31-23(32)16-5-2-9-29-22(16)30-15-6-7-18(17(26)12-15)33-19-8-10-28-21(27)20(19)25/h1-12H,(H2,27,28)(H,29,30)(H,31,32). The molecular weight excluding hydrogens is 468 g/mol. The number of aromatic nitrogens is 2. The zero-order chi connectivity index (χ0) is 23.4. The van der Waals surface area contributed by atoms with Crippen LogP contribution in [0.3, 0.4) is 0 Å². The van der Waals surface area contributed by atoms with Gasteiger partial charge in [0.1, 0.15) is 16.7 Å². The maximum atomic E-state index is 14.7. The molecule has 2 aromatic carbocycles. The smallest absolute Gasteiger partial charge is 0.259 e. The number of nitrogens with one attached hydrogen (secondary N) is 2. The van der Waals surface area contributed by atoms with Gasteiger partial charge in [-0.05, 0) is 42.5 Å². The summed E-state index contributed by atoms with van der Waals surface area (Å²) in [5.41, 5.74) is 6.80. The number of hydrogen-bond donors (Lipinski definition) is 3. The van der Waals surface area contributed by atoms with Crippen molar-refractivity contribution in [2.45, 2.75) is 0 Å². The molecule has 2 heterocycles. The summed E-state index contributed by atoms with van der Waals surface area (Å²) in [6.07, 6.45) is 2.92. The first-order chi connectivity index (χ1) is 15.9. The number of carbonyl (C=O) groups excluding carboxylic acids is 1. The van der Waals surface area contributed by atoms with Crippen LogP contribution in [0.2, 0.25) is 10.0 Å². The molecule has 33 heavy (non-hydrogen) atoms. The fourth-order valence-corrected chi connectivity index (χ4v) is 3.23. The summed E-state index contributed by atoms with van der Waals surface area (Å²) in [6, 6.07) is 15.7. The predicted octanol–water partition coefficient (Wildman–Crippen LogP) is 6.29. The SMILES string of the molecule is Nc1nccc(Oc2ccc(Nc3ncccc3C(=O)Nc3cccc(Cl)c3)cc2F)c1Cl. The van der Waals surface area contributed by atoms with Gasteiger partial charge in [-0.1, -0.05) is 29.3 Å². The lowest BCUT2D eigenvalue weighted by Gasteiger charge is -2.13. The van der Waals surface area contributed by atoms with Crippen LogP contribution < -0.4 is 21.1 Å². The Morgan fingerprint density at radius 2 is 1.79 bits per heavy atom. The Labute approximate surface area is 198 Å². The number of nitrogen functional groups attached to an aromatic ring is 1. The van der Waals surface area contributed by atoms with Gasteiger partial charge in [0.2, 0.25) is 0 Å². The summed E-state index contributed by atoms with van der Waals surface area (Å²) in [6.45, 7) is 0. The van der Waals surface area contributed by atoms with Gasteiger partial charge < -0.3 is 21.1 Å². The topological polar surface area (TPSA) is 102 Å². The molecule has 0 atom stereocenters. The lowest BCUT2D eigenvalue weighted by molar-refractivity contribution is 0.102. The van der Waals surface area contributed by atoms with E-state index in [2.05, 4.69) is 20.6 Å². The molecule has 0 spiro atoms. The van der Waals surface area contributed by atoms with Crippen LogP contribution in [0.4, 0.5) is 27.4 Å². The second-order valence-electron chi connectivity index (χ2n) is 6.74. The van der Waals surface area contributed by atoms with E-state index in [1.165, 1.54) is 30.6 Å². The molecule has 10 heteroatoms. The molecule has 0 bridgehead atoms. The van der Waals surface area contributed by atoms with E-state index < -0.39 is 11.7 Å². The van der Waals surface area contributed by atoms with Crippen molar-refractivity contribution in [1.82, 2.24) is 9.97 Å². The lowest BCUT2D eigenvalue weighted by atomic mass is 10.2. The van der Waals surface area contributed by atoms with Crippen LogP contribution in [-0.4, -0.2) is 15.9 Å². The first kappa shape index (κ1) is 22.3. The fourth-order valence-electron chi connectivity index (χ4n) is 2.89. The molecule has 1 amide bonds. The summed E-state index contributed by atoms with van der Waals surface area (Å²) in [5.74, 6) is -0.631. The van der Waals surface area contributed by atoms with Crippen molar-refractivity contribution in [1.29, 1.82) is 0 Å². The Hall–Kier alpha value is -3.88. The van der Waals surface area contributed by atoms with Crippen LogP contribution in [0.15, 0.2) is 73.1 Å². The number of carbonyl (C=O) groups is 1. The van der Waals surface area contributed by atoms with E-state index in [-0.39, 0.29) is 33.7 Å². The maximum absolute atomic E-state index is 14.7. The molecule has 7 nitrogen and oxygen atoms in total. The number of benzene rings is 2. The molecule has 4 rings (SSSR count). The molecule has 0 unspecified atom stereocenters. The largest absolute Gasteiger partial charge is 0.453 e. The number of nitrogens with two attached hydrogens (primary N) is 1. The highest BCUT2D eigenvalue weighted by molar-refractivity contribution is 6.34. The number of halogens is 3. The van der Waals surface area contributed by atoms with Gasteiger partial charge in [0.15, 0.2) is 17.3 Å². The van der Waals surface area contributed by atoms with Gasteiger partial charge in [-0.15, -0.1) is 0 Å². The van der Waals surface area contributed by atoms with Crippen molar-refractivity contribution in [3.8, 4) is 11.5 Å². The van der Waals surface area contributed by atoms with Gasteiger partial charge in [-0.3, -0.25) is 4.79 Å². The van der Waals surface area contributed by atoms with E-state index in [4.69, 9.17) is 33.7 Å². The third-order valence-electron chi connectivity index (χ3n) is 4.43. The van der Waals surface area contributed by atoms with Crippen LogP contribution in [0, 0.1) is 5.82 Å². The van der Waals surface area contributed by atoms with Crippen molar-refractivity contribution < 1.29 is 13.9 Å². The Morgan fingerprint density at radius 3 is 2.58 bits per heavy atom. The molecule has 2 aromatic heterocycles. The molecule has 0 saturated heterocycles. The van der Waals surface area contributed by atoms with Crippen molar-refractivity contribution in [3.05, 3.63) is 94.5 Å². The Balaban J connectivity index is 1.53. The van der Waals surface area contributed by atoms with Gasteiger partial charge in [0.05, 0.1) is 5.56 Å². The number of hydrogen-bond acceptors (Lipinski definition) is 6. The number of pyridine rings is 2. The molecule has 4 N–H and O–H groups in total. The van der Waals surface area contributed by atoms with Crippen molar-refractivity contribution in [2.24, 2.45) is 0 Å². The van der Waals surface area contributed by atoms with Crippen molar-refractivity contribution in [3.63, 3.8) is 0 Å². The van der Waals surface area contributed by atoms with Crippen LogP contribution in [0.1, 0.15) is 10.4 Å². The van der Waals surface area contributed by atoms with Crippen LogP contribution in [0.5, 0.6) is 11.5 Å². The number of ether oxygens (including phenoxy) is 1. The van der Waals surface area contributed by atoms with Crippen molar-refractivity contribution in [2.75, 3.05) is 16.4 Å². The number of amides is 1. The normalized spacial score (nSPS) is 10.5.